The van der Waals surface area contributed by atoms with E-state index < -0.39 is 0 Å². The Hall–Kier alpha value is -0.370. The van der Waals surface area contributed by atoms with Crippen molar-refractivity contribution in [2.45, 2.75) is 57.9 Å². The third-order valence-corrected chi connectivity index (χ3v) is 4.08. The van der Waals surface area contributed by atoms with Gasteiger partial charge in [0.05, 0.1) is 0 Å². The van der Waals surface area contributed by atoms with Crippen LogP contribution in [0.4, 0.5) is 0 Å². The van der Waals surface area contributed by atoms with Gasteiger partial charge >= 0.3 is 0 Å². The second-order valence-corrected chi connectivity index (χ2v) is 5.42. The second-order valence-electron chi connectivity index (χ2n) is 5.42. The quantitative estimate of drug-likeness (QED) is 0.774. The first-order valence-electron chi connectivity index (χ1n) is 6.52. The number of carbonyl (C=O) groups is 1. The van der Waals surface area contributed by atoms with Crippen LogP contribution >= 0.6 is 0 Å². The zero-order chi connectivity index (χ0) is 10.7. The van der Waals surface area contributed by atoms with Crippen molar-refractivity contribution < 1.29 is 4.79 Å². The minimum absolute atomic E-state index is 0.392. The fraction of sp³-hybridized carbons (Fsp3) is 0.923. The van der Waals surface area contributed by atoms with E-state index in [-0.39, 0.29) is 0 Å². The highest BCUT2D eigenvalue weighted by Gasteiger charge is 2.26. The number of ketones is 1. The number of rotatable bonds is 3. The van der Waals surface area contributed by atoms with E-state index in [0.29, 0.717) is 17.7 Å². The molecule has 15 heavy (non-hydrogen) atoms. The van der Waals surface area contributed by atoms with Gasteiger partial charge in [0.1, 0.15) is 5.78 Å². The molecule has 2 aliphatic rings. The molecule has 1 unspecified atom stereocenters. The van der Waals surface area contributed by atoms with Crippen molar-refractivity contribution in [3.63, 3.8) is 0 Å². The predicted octanol–water partition coefficient (Wildman–Crippen LogP) is 2.52. The normalized spacial score (nSPS) is 36.7. The van der Waals surface area contributed by atoms with Gasteiger partial charge in [-0.3, -0.25) is 4.79 Å². The van der Waals surface area contributed by atoms with Crippen LogP contribution in [0.3, 0.4) is 0 Å². The molecule has 2 heteroatoms. The summed E-state index contributed by atoms with van der Waals surface area (Å²) in [5, 5.41) is 3.41. The Morgan fingerprint density at radius 3 is 2.53 bits per heavy atom. The van der Waals surface area contributed by atoms with Crippen molar-refractivity contribution >= 4 is 5.78 Å². The van der Waals surface area contributed by atoms with Crippen LogP contribution in [0.2, 0.25) is 0 Å². The number of nitrogens with one attached hydrogen (secondary N) is 1. The monoisotopic (exact) mass is 209 g/mol. The highest BCUT2D eigenvalue weighted by molar-refractivity contribution is 5.81. The van der Waals surface area contributed by atoms with E-state index in [4.69, 9.17) is 0 Å². The first-order chi connectivity index (χ1) is 7.25. The first-order valence-corrected chi connectivity index (χ1v) is 6.52. The number of hydrogen-bond donors (Lipinski definition) is 1. The highest BCUT2D eigenvalue weighted by atomic mass is 16.1. The Labute approximate surface area is 92.8 Å². The van der Waals surface area contributed by atoms with Gasteiger partial charge in [-0.25, -0.2) is 0 Å². The molecule has 0 aromatic carbocycles. The zero-order valence-electron chi connectivity index (χ0n) is 9.80. The van der Waals surface area contributed by atoms with Crippen LogP contribution in [-0.4, -0.2) is 18.4 Å². The van der Waals surface area contributed by atoms with Gasteiger partial charge < -0.3 is 5.32 Å². The Bertz CT molecular complexity index is 213. The van der Waals surface area contributed by atoms with E-state index in [1.165, 1.54) is 25.7 Å². The molecule has 0 aromatic rings. The summed E-state index contributed by atoms with van der Waals surface area (Å²) in [5.74, 6) is 1.77. The van der Waals surface area contributed by atoms with Crippen molar-refractivity contribution in [2.24, 2.45) is 11.8 Å². The van der Waals surface area contributed by atoms with Crippen molar-refractivity contribution in [1.82, 2.24) is 5.32 Å². The maximum atomic E-state index is 12.0. The fourth-order valence-corrected chi connectivity index (χ4v) is 2.92. The molecular weight excluding hydrogens is 186 g/mol. The lowest BCUT2D eigenvalue weighted by Gasteiger charge is -2.25. The molecule has 86 valence electrons. The van der Waals surface area contributed by atoms with E-state index in [1.54, 1.807) is 0 Å². The van der Waals surface area contributed by atoms with Crippen LogP contribution in [0, 0.1) is 11.8 Å². The van der Waals surface area contributed by atoms with Crippen molar-refractivity contribution in [1.29, 1.82) is 0 Å². The van der Waals surface area contributed by atoms with Gasteiger partial charge in [0.15, 0.2) is 0 Å². The van der Waals surface area contributed by atoms with Gasteiger partial charge in [0.2, 0.25) is 0 Å². The average molecular weight is 209 g/mol. The van der Waals surface area contributed by atoms with E-state index in [9.17, 15) is 4.79 Å². The summed E-state index contributed by atoms with van der Waals surface area (Å²) < 4.78 is 0. The van der Waals surface area contributed by atoms with Crippen LogP contribution in [0.5, 0.6) is 0 Å². The lowest BCUT2D eigenvalue weighted by atomic mass is 9.79. The molecule has 1 saturated heterocycles. The summed E-state index contributed by atoms with van der Waals surface area (Å²) in [6.45, 7) is 3.42. The third kappa shape index (κ3) is 3.04. The van der Waals surface area contributed by atoms with Crippen LogP contribution < -0.4 is 5.32 Å². The van der Waals surface area contributed by atoms with Crippen LogP contribution in [-0.2, 0) is 4.79 Å². The minimum atomic E-state index is 0.392. The zero-order valence-corrected chi connectivity index (χ0v) is 9.80. The minimum Gasteiger partial charge on any atom is -0.314 e. The van der Waals surface area contributed by atoms with E-state index in [0.717, 1.165) is 31.7 Å². The van der Waals surface area contributed by atoms with Crippen LogP contribution in [0.15, 0.2) is 0 Å². The van der Waals surface area contributed by atoms with Gasteiger partial charge in [-0.1, -0.05) is 19.8 Å². The van der Waals surface area contributed by atoms with Crippen LogP contribution in [0.25, 0.3) is 0 Å². The SMILES string of the molecule is CC1CCC(C(=O)CC2CCCN2)CC1. The molecule has 1 aliphatic heterocycles. The summed E-state index contributed by atoms with van der Waals surface area (Å²) in [6, 6.07) is 0.497. The second kappa shape index (κ2) is 5.11. The maximum absolute atomic E-state index is 12.0. The lowest BCUT2D eigenvalue weighted by Crippen LogP contribution is -2.29. The molecule has 1 aliphatic carbocycles. The van der Waals surface area contributed by atoms with E-state index >= 15 is 0 Å². The average Bonchev–Trinajstić information content (AvgIpc) is 2.71. The predicted molar refractivity (Wildman–Crippen MR) is 61.8 cm³/mol. The van der Waals surface area contributed by atoms with Gasteiger partial charge in [-0.2, -0.15) is 0 Å². The molecule has 0 spiro atoms. The highest BCUT2D eigenvalue weighted by Crippen LogP contribution is 2.30. The summed E-state index contributed by atoms with van der Waals surface area (Å²) >= 11 is 0. The van der Waals surface area contributed by atoms with E-state index in [1.807, 2.05) is 0 Å². The Morgan fingerprint density at radius 1 is 1.20 bits per heavy atom. The largest absolute Gasteiger partial charge is 0.314 e. The topological polar surface area (TPSA) is 29.1 Å². The molecule has 0 bridgehead atoms. The molecule has 0 amide bonds. The molecule has 2 rings (SSSR count). The number of carbonyl (C=O) groups excluding carboxylic acids is 1. The molecule has 1 saturated carbocycles. The molecule has 2 fully saturated rings. The smallest absolute Gasteiger partial charge is 0.137 e. The van der Waals surface area contributed by atoms with Crippen molar-refractivity contribution in [3.05, 3.63) is 0 Å². The lowest BCUT2D eigenvalue weighted by molar-refractivity contribution is -0.124. The van der Waals surface area contributed by atoms with Gasteiger partial charge in [0, 0.05) is 18.4 Å². The number of Topliss-reactive ketones (excluding diaryl/α,β-unsaturated/α-hetero) is 1. The number of hydrogen-bond acceptors (Lipinski definition) is 2. The summed E-state index contributed by atoms with van der Waals surface area (Å²) in [6.07, 6.45) is 8.05. The summed E-state index contributed by atoms with van der Waals surface area (Å²) in [7, 11) is 0. The summed E-state index contributed by atoms with van der Waals surface area (Å²) in [5.41, 5.74) is 0. The molecule has 1 atom stereocenters. The van der Waals surface area contributed by atoms with Gasteiger partial charge in [0.25, 0.3) is 0 Å². The molecule has 0 aromatic heterocycles. The molecular formula is C13H23NO. The molecule has 0 radical (unpaired) electrons. The van der Waals surface area contributed by atoms with Crippen molar-refractivity contribution in [3.8, 4) is 0 Å². The molecule has 2 nitrogen and oxygen atoms in total. The first kappa shape index (κ1) is 11.1. The summed E-state index contributed by atoms with van der Waals surface area (Å²) in [4.78, 5) is 12.0. The molecule has 1 heterocycles. The third-order valence-electron chi connectivity index (χ3n) is 4.08. The van der Waals surface area contributed by atoms with Crippen molar-refractivity contribution in [2.75, 3.05) is 6.54 Å². The van der Waals surface area contributed by atoms with Gasteiger partial charge in [-0.15, -0.1) is 0 Å². The van der Waals surface area contributed by atoms with Gasteiger partial charge in [-0.05, 0) is 38.1 Å². The van der Waals surface area contributed by atoms with Crippen LogP contribution in [0.1, 0.15) is 51.9 Å². The van der Waals surface area contributed by atoms with E-state index in [2.05, 4.69) is 12.2 Å². The Balaban J connectivity index is 1.75. The fourth-order valence-electron chi connectivity index (χ4n) is 2.92. The standard InChI is InChI=1S/C13H23NO/c1-10-4-6-11(7-5-10)13(15)9-12-3-2-8-14-12/h10-12,14H,2-9H2,1H3. The molecule has 1 N–H and O–H groups in total. The Kier molecular flexibility index (Phi) is 3.79. The Morgan fingerprint density at radius 2 is 1.93 bits per heavy atom. The maximum Gasteiger partial charge on any atom is 0.137 e.